The molecule has 1 unspecified atom stereocenters. The molecule has 0 aliphatic carbocycles. The lowest BCUT2D eigenvalue weighted by Gasteiger charge is -2.33. The first kappa shape index (κ1) is 17.3. The summed E-state index contributed by atoms with van der Waals surface area (Å²) in [6.45, 7) is 7.46. The van der Waals surface area contributed by atoms with Crippen LogP contribution in [0.5, 0.6) is 5.75 Å². The summed E-state index contributed by atoms with van der Waals surface area (Å²) >= 11 is 0. The van der Waals surface area contributed by atoms with Crippen LogP contribution in [-0.4, -0.2) is 37.2 Å². The normalized spacial score (nSPS) is 19.7. The Labute approximate surface area is 129 Å². The minimum absolute atomic E-state index is 0. The number of para-hydroxylation sites is 1. The Morgan fingerprint density at radius 1 is 1.35 bits per heavy atom. The summed E-state index contributed by atoms with van der Waals surface area (Å²) in [5, 5.41) is 3.39. The number of rotatable bonds is 5. The largest absolute Gasteiger partial charge is 0.491 e. The summed E-state index contributed by atoms with van der Waals surface area (Å²) in [7, 11) is 2.06. The first-order chi connectivity index (χ1) is 9.19. The highest BCUT2D eigenvalue weighted by atomic mass is 35.5. The van der Waals surface area contributed by atoms with Crippen LogP contribution in [-0.2, 0) is 6.54 Å². The third-order valence-corrected chi connectivity index (χ3v) is 3.64. The number of nitrogens with one attached hydrogen (secondary N) is 1. The number of hydrogen-bond acceptors (Lipinski definition) is 3. The molecule has 1 aliphatic heterocycles. The summed E-state index contributed by atoms with van der Waals surface area (Å²) in [5.74, 6) is 1.03. The van der Waals surface area contributed by atoms with E-state index in [4.69, 9.17) is 4.74 Å². The highest BCUT2D eigenvalue weighted by molar-refractivity contribution is 5.85. The van der Waals surface area contributed by atoms with E-state index in [-0.39, 0.29) is 18.5 Å². The Kier molecular flexibility index (Phi) is 7.35. The lowest BCUT2D eigenvalue weighted by atomic mass is 10.0. The predicted octanol–water partition coefficient (Wildman–Crippen LogP) is 3.08. The second-order valence-electron chi connectivity index (χ2n) is 5.64. The molecule has 0 spiro atoms. The minimum atomic E-state index is 0. The van der Waals surface area contributed by atoms with Crippen LogP contribution in [0, 0.1) is 0 Å². The fourth-order valence-electron chi connectivity index (χ4n) is 2.68. The second-order valence-corrected chi connectivity index (χ2v) is 5.64. The summed E-state index contributed by atoms with van der Waals surface area (Å²) < 4.78 is 5.90. The molecule has 1 saturated heterocycles. The van der Waals surface area contributed by atoms with Gasteiger partial charge < -0.3 is 10.1 Å². The molecule has 1 aromatic rings. The van der Waals surface area contributed by atoms with Gasteiger partial charge >= 0.3 is 0 Å². The number of piperidine rings is 1. The summed E-state index contributed by atoms with van der Waals surface area (Å²) in [6.07, 6.45) is 2.79. The highest BCUT2D eigenvalue weighted by Gasteiger charge is 2.19. The van der Waals surface area contributed by atoms with E-state index >= 15 is 0 Å². The Morgan fingerprint density at radius 3 is 2.80 bits per heavy atom. The molecule has 0 radical (unpaired) electrons. The molecule has 1 aliphatic rings. The molecule has 0 aromatic heterocycles. The van der Waals surface area contributed by atoms with E-state index in [1.54, 1.807) is 0 Å². The van der Waals surface area contributed by atoms with Crippen LogP contribution >= 0.6 is 12.4 Å². The zero-order valence-electron chi connectivity index (χ0n) is 12.8. The highest BCUT2D eigenvalue weighted by Crippen LogP contribution is 2.22. The van der Waals surface area contributed by atoms with E-state index in [0.717, 1.165) is 18.8 Å². The summed E-state index contributed by atoms with van der Waals surface area (Å²) in [5.41, 5.74) is 1.30. The zero-order chi connectivity index (χ0) is 13.7. The average molecular weight is 299 g/mol. The van der Waals surface area contributed by atoms with Crippen molar-refractivity contribution in [3.63, 3.8) is 0 Å². The minimum Gasteiger partial charge on any atom is -0.491 e. The van der Waals surface area contributed by atoms with Crippen LogP contribution in [0.3, 0.4) is 0 Å². The maximum Gasteiger partial charge on any atom is 0.124 e. The molecule has 0 amide bonds. The Balaban J connectivity index is 0.00000200. The number of likely N-dealkylation sites (tertiary alicyclic amines) is 1. The monoisotopic (exact) mass is 298 g/mol. The number of ether oxygens (including phenoxy) is 1. The van der Waals surface area contributed by atoms with Gasteiger partial charge in [0, 0.05) is 24.7 Å². The lowest BCUT2D eigenvalue weighted by Crippen LogP contribution is -2.43. The predicted molar refractivity (Wildman–Crippen MR) is 86.8 cm³/mol. The zero-order valence-corrected chi connectivity index (χ0v) is 13.6. The topological polar surface area (TPSA) is 24.5 Å². The maximum atomic E-state index is 5.90. The third-order valence-electron chi connectivity index (χ3n) is 3.64. The van der Waals surface area contributed by atoms with Gasteiger partial charge in [0.25, 0.3) is 0 Å². The summed E-state index contributed by atoms with van der Waals surface area (Å²) in [4.78, 5) is 2.52. The van der Waals surface area contributed by atoms with Crippen molar-refractivity contribution in [1.82, 2.24) is 10.2 Å². The number of nitrogens with zero attached hydrogens (tertiary/aromatic N) is 1. The van der Waals surface area contributed by atoms with E-state index in [0.29, 0.717) is 6.04 Å². The molecule has 1 atom stereocenters. The molecule has 3 nitrogen and oxygen atoms in total. The van der Waals surface area contributed by atoms with Crippen LogP contribution in [0.4, 0.5) is 0 Å². The van der Waals surface area contributed by atoms with E-state index in [1.807, 2.05) is 6.07 Å². The van der Waals surface area contributed by atoms with Crippen LogP contribution in [0.2, 0.25) is 0 Å². The van der Waals surface area contributed by atoms with Crippen molar-refractivity contribution in [2.75, 3.05) is 20.1 Å². The molecule has 0 bridgehead atoms. The third kappa shape index (κ3) is 4.97. The van der Waals surface area contributed by atoms with Gasteiger partial charge in [0.05, 0.1) is 6.10 Å². The van der Waals surface area contributed by atoms with Crippen molar-refractivity contribution in [2.24, 2.45) is 0 Å². The van der Waals surface area contributed by atoms with Gasteiger partial charge in [-0.2, -0.15) is 0 Å². The van der Waals surface area contributed by atoms with Crippen molar-refractivity contribution < 1.29 is 4.74 Å². The van der Waals surface area contributed by atoms with Gasteiger partial charge in [-0.15, -0.1) is 12.4 Å². The molecule has 2 rings (SSSR count). The number of halogens is 1. The van der Waals surface area contributed by atoms with Crippen LogP contribution in [0.15, 0.2) is 24.3 Å². The molecule has 1 N–H and O–H groups in total. The molecule has 1 heterocycles. The molecule has 1 fully saturated rings. The van der Waals surface area contributed by atoms with Crippen molar-refractivity contribution in [1.29, 1.82) is 0 Å². The smallest absolute Gasteiger partial charge is 0.124 e. The summed E-state index contributed by atoms with van der Waals surface area (Å²) in [6, 6.07) is 9.04. The SMILES string of the molecule is CNC1CCCN(Cc2ccccc2OC(C)C)C1.Cl. The quantitative estimate of drug-likeness (QED) is 0.904. The van der Waals surface area contributed by atoms with E-state index in [9.17, 15) is 0 Å². The second kappa shape index (κ2) is 8.50. The lowest BCUT2D eigenvalue weighted by molar-refractivity contribution is 0.181. The fraction of sp³-hybridized carbons (Fsp3) is 0.625. The maximum absolute atomic E-state index is 5.90. The van der Waals surface area contributed by atoms with Crippen molar-refractivity contribution in [3.8, 4) is 5.75 Å². The molecule has 1 aromatic carbocycles. The molecular formula is C16H27ClN2O. The molecule has 4 heteroatoms. The first-order valence-electron chi connectivity index (χ1n) is 7.33. The Hall–Kier alpha value is -0.770. The van der Waals surface area contributed by atoms with Gasteiger partial charge in [-0.1, -0.05) is 18.2 Å². The average Bonchev–Trinajstić information content (AvgIpc) is 2.41. The van der Waals surface area contributed by atoms with Gasteiger partial charge in [-0.3, -0.25) is 4.90 Å². The Morgan fingerprint density at radius 2 is 2.10 bits per heavy atom. The van der Waals surface area contributed by atoms with Crippen molar-refractivity contribution in [2.45, 2.75) is 45.4 Å². The van der Waals surface area contributed by atoms with Crippen molar-refractivity contribution >= 4 is 12.4 Å². The van der Waals surface area contributed by atoms with Gasteiger partial charge in [-0.25, -0.2) is 0 Å². The number of benzene rings is 1. The first-order valence-corrected chi connectivity index (χ1v) is 7.33. The molecular weight excluding hydrogens is 272 g/mol. The van der Waals surface area contributed by atoms with E-state index < -0.39 is 0 Å². The van der Waals surface area contributed by atoms with E-state index in [2.05, 4.69) is 49.3 Å². The van der Waals surface area contributed by atoms with Crippen LogP contribution in [0.1, 0.15) is 32.3 Å². The van der Waals surface area contributed by atoms with Crippen molar-refractivity contribution in [3.05, 3.63) is 29.8 Å². The number of likely N-dealkylation sites (N-methyl/N-ethyl adjacent to an activating group) is 1. The number of hydrogen-bond donors (Lipinski definition) is 1. The van der Waals surface area contributed by atoms with E-state index in [1.165, 1.54) is 24.9 Å². The van der Waals surface area contributed by atoms with Crippen LogP contribution in [0.25, 0.3) is 0 Å². The van der Waals surface area contributed by atoms with Gasteiger partial charge in [-0.05, 0) is 46.3 Å². The molecule has 0 saturated carbocycles. The molecule has 114 valence electrons. The standard InChI is InChI=1S/C16H26N2O.ClH/c1-13(2)19-16-9-5-4-7-14(16)11-18-10-6-8-15(12-18)17-3;/h4-5,7,9,13,15,17H,6,8,10-12H2,1-3H3;1H. The van der Waals surface area contributed by atoms with Gasteiger partial charge in [0.2, 0.25) is 0 Å². The Bertz CT molecular complexity index is 398. The fourth-order valence-corrected chi connectivity index (χ4v) is 2.68. The van der Waals surface area contributed by atoms with Crippen LogP contribution < -0.4 is 10.1 Å². The molecule has 20 heavy (non-hydrogen) atoms. The van der Waals surface area contributed by atoms with Gasteiger partial charge in [0.15, 0.2) is 0 Å². The van der Waals surface area contributed by atoms with Gasteiger partial charge in [0.1, 0.15) is 5.75 Å².